The van der Waals surface area contributed by atoms with Gasteiger partial charge in [-0.3, -0.25) is 9.48 Å². The molecule has 1 aliphatic heterocycles. The van der Waals surface area contributed by atoms with Crippen molar-refractivity contribution in [3.63, 3.8) is 0 Å². The Kier molecular flexibility index (Phi) is 5.73. The van der Waals surface area contributed by atoms with Gasteiger partial charge in [0.1, 0.15) is 0 Å². The Morgan fingerprint density at radius 1 is 1.12 bits per heavy atom. The minimum atomic E-state index is -0.0540. The zero-order valence-electron chi connectivity index (χ0n) is 20.9. The number of rotatable bonds is 4. The fourth-order valence-electron chi connectivity index (χ4n) is 7.55. The second-order valence-electron chi connectivity index (χ2n) is 11.8. The topological polar surface area (TPSA) is 79.3 Å². The maximum Gasteiger partial charge on any atom is 0.317 e. The van der Waals surface area contributed by atoms with E-state index in [2.05, 4.69) is 36.1 Å². The van der Waals surface area contributed by atoms with Gasteiger partial charge < -0.3 is 15.5 Å². The standard InChI is InChI=1S/C26H41N5O2/c1-5-27-24(33)30-14-12-20-19(16-30)21(29-31(20)18-9-7-6-8-10-18)22(32)28-23-25(2,3)17-11-13-26(23,4)15-17/h17-18,23H,5-16H2,1-4H3,(H,27,33)(H,28,32). The van der Waals surface area contributed by atoms with E-state index < -0.39 is 0 Å². The van der Waals surface area contributed by atoms with E-state index in [1.807, 2.05) is 11.8 Å². The van der Waals surface area contributed by atoms with Gasteiger partial charge in [-0.2, -0.15) is 5.10 Å². The van der Waals surface area contributed by atoms with Gasteiger partial charge in [0, 0.05) is 36.8 Å². The molecule has 1 aromatic heterocycles. The van der Waals surface area contributed by atoms with E-state index in [-0.39, 0.29) is 28.8 Å². The molecule has 2 N–H and O–H groups in total. The van der Waals surface area contributed by atoms with Crippen LogP contribution in [0.25, 0.3) is 0 Å². The van der Waals surface area contributed by atoms with Crippen LogP contribution in [-0.2, 0) is 13.0 Å². The largest absolute Gasteiger partial charge is 0.347 e. The van der Waals surface area contributed by atoms with Gasteiger partial charge in [-0.25, -0.2) is 4.79 Å². The number of hydrogen-bond acceptors (Lipinski definition) is 3. The summed E-state index contributed by atoms with van der Waals surface area (Å²) < 4.78 is 2.17. The monoisotopic (exact) mass is 455 g/mol. The number of carbonyl (C=O) groups is 2. The lowest BCUT2D eigenvalue weighted by molar-refractivity contribution is 0.0730. The lowest BCUT2D eigenvalue weighted by atomic mass is 9.68. The minimum absolute atomic E-state index is 0.0505. The van der Waals surface area contributed by atoms with E-state index in [9.17, 15) is 9.59 Å². The summed E-state index contributed by atoms with van der Waals surface area (Å²) in [6.45, 7) is 10.7. The van der Waals surface area contributed by atoms with Crippen LogP contribution in [0.3, 0.4) is 0 Å². The fourth-order valence-corrected chi connectivity index (χ4v) is 7.55. The Balaban J connectivity index is 1.45. The van der Waals surface area contributed by atoms with Gasteiger partial charge in [-0.05, 0) is 55.8 Å². The molecule has 2 heterocycles. The van der Waals surface area contributed by atoms with Crippen LogP contribution in [-0.4, -0.2) is 45.8 Å². The molecule has 7 nitrogen and oxygen atoms in total. The van der Waals surface area contributed by atoms with E-state index in [1.165, 1.54) is 44.2 Å². The van der Waals surface area contributed by atoms with Gasteiger partial charge in [-0.1, -0.05) is 40.0 Å². The lowest BCUT2D eigenvalue weighted by Crippen LogP contribution is -2.52. The number of fused-ring (bicyclic) bond motifs is 3. The molecule has 1 aromatic rings. The van der Waals surface area contributed by atoms with Crippen LogP contribution in [0.2, 0.25) is 0 Å². The molecule has 2 bridgehead atoms. The number of carbonyl (C=O) groups excluding carboxylic acids is 2. The molecular weight excluding hydrogens is 414 g/mol. The van der Waals surface area contributed by atoms with E-state index >= 15 is 0 Å². The summed E-state index contributed by atoms with van der Waals surface area (Å²) in [5, 5.41) is 11.4. The fraction of sp³-hybridized carbons (Fsp3) is 0.808. The molecule has 182 valence electrons. The lowest BCUT2D eigenvalue weighted by Gasteiger charge is -2.43. The number of amides is 3. The first-order valence-electron chi connectivity index (χ1n) is 13.2. The van der Waals surface area contributed by atoms with Crippen LogP contribution in [0.4, 0.5) is 4.79 Å². The molecule has 3 atom stereocenters. The summed E-state index contributed by atoms with van der Waals surface area (Å²) in [5.41, 5.74) is 2.95. The van der Waals surface area contributed by atoms with Gasteiger partial charge in [0.25, 0.3) is 5.91 Å². The van der Waals surface area contributed by atoms with E-state index in [0.717, 1.165) is 24.8 Å². The Hall–Kier alpha value is -2.05. The van der Waals surface area contributed by atoms with E-state index in [4.69, 9.17) is 5.10 Å². The van der Waals surface area contributed by atoms with Crippen molar-refractivity contribution in [2.24, 2.45) is 16.7 Å². The maximum atomic E-state index is 13.8. The van der Waals surface area contributed by atoms with Crippen molar-refractivity contribution in [3.05, 3.63) is 17.0 Å². The molecule has 7 heteroatoms. The molecule has 0 spiro atoms. The van der Waals surface area contributed by atoms with Crippen molar-refractivity contribution < 1.29 is 9.59 Å². The third-order valence-electron chi connectivity index (χ3n) is 9.38. The molecule has 3 saturated carbocycles. The van der Waals surface area contributed by atoms with Gasteiger partial charge in [0.2, 0.25) is 0 Å². The molecule has 0 saturated heterocycles. The molecule has 3 amide bonds. The summed E-state index contributed by atoms with van der Waals surface area (Å²) in [6, 6.07) is 0.484. The average molecular weight is 456 g/mol. The van der Waals surface area contributed by atoms with Crippen LogP contribution in [0, 0.1) is 16.7 Å². The maximum absolute atomic E-state index is 13.8. The number of nitrogens with one attached hydrogen (secondary N) is 2. The van der Waals surface area contributed by atoms with E-state index in [0.29, 0.717) is 37.3 Å². The van der Waals surface area contributed by atoms with Crippen LogP contribution < -0.4 is 10.6 Å². The number of hydrogen-bond donors (Lipinski definition) is 2. The quantitative estimate of drug-likeness (QED) is 0.705. The van der Waals surface area contributed by atoms with Gasteiger partial charge in [-0.15, -0.1) is 0 Å². The Labute approximate surface area is 198 Å². The van der Waals surface area contributed by atoms with Crippen molar-refractivity contribution in [1.82, 2.24) is 25.3 Å². The predicted molar refractivity (Wildman–Crippen MR) is 128 cm³/mol. The molecule has 0 radical (unpaired) electrons. The molecule has 4 aliphatic rings. The highest BCUT2D eigenvalue weighted by atomic mass is 16.2. The molecule has 0 aromatic carbocycles. The zero-order chi connectivity index (χ0) is 23.4. The van der Waals surface area contributed by atoms with Gasteiger partial charge in [0.05, 0.1) is 12.6 Å². The van der Waals surface area contributed by atoms with E-state index in [1.54, 1.807) is 0 Å². The second kappa shape index (κ2) is 8.31. The van der Waals surface area contributed by atoms with Crippen LogP contribution in [0.15, 0.2) is 0 Å². The number of aromatic nitrogens is 2. The van der Waals surface area contributed by atoms with Gasteiger partial charge in [0.15, 0.2) is 5.69 Å². The third kappa shape index (κ3) is 3.75. The molecule has 3 fully saturated rings. The van der Waals surface area contributed by atoms with Crippen LogP contribution in [0.5, 0.6) is 0 Å². The molecule has 3 unspecified atom stereocenters. The van der Waals surface area contributed by atoms with Crippen molar-refractivity contribution in [2.75, 3.05) is 13.1 Å². The smallest absolute Gasteiger partial charge is 0.317 e. The first kappa shape index (κ1) is 22.7. The summed E-state index contributed by atoms with van der Waals surface area (Å²) in [7, 11) is 0. The molecular formula is C26H41N5O2. The summed E-state index contributed by atoms with van der Waals surface area (Å²) in [5.74, 6) is 0.625. The SMILES string of the molecule is CCNC(=O)N1CCc2c(c(C(=O)NC3C4(C)CCC(C4)C3(C)C)nn2C2CCCCC2)C1. The summed E-state index contributed by atoms with van der Waals surface area (Å²) >= 11 is 0. The molecule has 33 heavy (non-hydrogen) atoms. The van der Waals surface area contributed by atoms with Crippen molar-refractivity contribution in [2.45, 2.75) is 104 Å². The average Bonchev–Trinajstić information content (AvgIpc) is 3.44. The predicted octanol–water partition coefficient (Wildman–Crippen LogP) is 4.42. The molecule has 3 aliphatic carbocycles. The second-order valence-corrected chi connectivity index (χ2v) is 11.8. The van der Waals surface area contributed by atoms with Crippen molar-refractivity contribution >= 4 is 11.9 Å². The van der Waals surface area contributed by atoms with Crippen molar-refractivity contribution in [1.29, 1.82) is 0 Å². The Bertz CT molecular complexity index is 927. The first-order valence-corrected chi connectivity index (χ1v) is 13.2. The third-order valence-corrected chi connectivity index (χ3v) is 9.38. The zero-order valence-corrected chi connectivity index (χ0v) is 20.9. The summed E-state index contributed by atoms with van der Waals surface area (Å²) in [6.07, 6.45) is 10.4. The number of urea groups is 1. The highest BCUT2D eigenvalue weighted by molar-refractivity contribution is 5.94. The summed E-state index contributed by atoms with van der Waals surface area (Å²) in [4.78, 5) is 28.2. The molecule has 5 rings (SSSR count). The van der Waals surface area contributed by atoms with Crippen molar-refractivity contribution in [3.8, 4) is 0 Å². The Morgan fingerprint density at radius 2 is 1.88 bits per heavy atom. The normalized spacial score (nSPS) is 30.8. The highest BCUT2D eigenvalue weighted by Gasteiger charge is 2.59. The first-order chi connectivity index (χ1) is 15.7. The van der Waals surface area contributed by atoms with Crippen LogP contribution >= 0.6 is 0 Å². The highest BCUT2D eigenvalue weighted by Crippen LogP contribution is 2.62. The van der Waals surface area contributed by atoms with Gasteiger partial charge >= 0.3 is 6.03 Å². The minimum Gasteiger partial charge on any atom is -0.347 e. The van der Waals surface area contributed by atoms with Crippen LogP contribution in [0.1, 0.15) is 107 Å². The Morgan fingerprint density at radius 3 is 2.55 bits per heavy atom. The number of nitrogens with zero attached hydrogens (tertiary/aromatic N) is 3.